The molecule has 0 unspecified atom stereocenters. The zero-order valence-corrected chi connectivity index (χ0v) is 13.4. The molecule has 6 nitrogen and oxygen atoms in total. The Morgan fingerprint density at radius 3 is 2.71 bits per heavy atom. The fourth-order valence-corrected chi connectivity index (χ4v) is 3.40. The Hall–Kier alpha value is -1.41. The van der Waals surface area contributed by atoms with Gasteiger partial charge in [0.05, 0.1) is 11.6 Å². The molecule has 0 radical (unpaired) electrons. The van der Waals surface area contributed by atoms with E-state index < -0.39 is 10.0 Å². The zero-order valence-electron chi connectivity index (χ0n) is 11.8. The maximum absolute atomic E-state index is 12.4. The quantitative estimate of drug-likeness (QED) is 0.837. The monoisotopic (exact) mass is 328 g/mol. The summed E-state index contributed by atoms with van der Waals surface area (Å²) in [7, 11) is -0.0912. The summed E-state index contributed by atoms with van der Waals surface area (Å²) in [4.78, 5) is 4.15. The van der Waals surface area contributed by atoms with Crippen molar-refractivity contribution in [1.29, 1.82) is 0 Å². The molecule has 8 heteroatoms. The van der Waals surface area contributed by atoms with Crippen LogP contribution in [0.15, 0.2) is 35.5 Å². The van der Waals surface area contributed by atoms with Crippen molar-refractivity contribution in [3.63, 3.8) is 0 Å². The second kappa shape index (κ2) is 6.57. The van der Waals surface area contributed by atoms with Crippen molar-refractivity contribution >= 4 is 21.6 Å². The van der Waals surface area contributed by atoms with Gasteiger partial charge in [0.25, 0.3) is 0 Å². The molecule has 2 N–H and O–H groups in total. The van der Waals surface area contributed by atoms with Gasteiger partial charge in [0.15, 0.2) is 0 Å². The second-order valence-corrected chi connectivity index (χ2v) is 6.72. The first-order valence-corrected chi connectivity index (χ1v) is 8.19. The van der Waals surface area contributed by atoms with Crippen LogP contribution >= 0.6 is 11.6 Å². The van der Waals surface area contributed by atoms with Crippen LogP contribution in [0.1, 0.15) is 11.4 Å². The van der Waals surface area contributed by atoms with Crippen LogP contribution in [-0.4, -0.2) is 25.0 Å². The predicted molar refractivity (Wildman–Crippen MR) is 81.4 cm³/mol. The molecule has 2 aromatic rings. The molecule has 0 aliphatic heterocycles. The highest BCUT2D eigenvalue weighted by atomic mass is 35.5. The van der Waals surface area contributed by atoms with Crippen LogP contribution in [0.2, 0.25) is 5.02 Å². The van der Waals surface area contributed by atoms with Gasteiger partial charge in [-0.25, -0.2) is 18.1 Å². The molecule has 0 atom stereocenters. The Morgan fingerprint density at radius 2 is 2.10 bits per heavy atom. The van der Waals surface area contributed by atoms with Crippen LogP contribution in [0.25, 0.3) is 0 Å². The number of benzene rings is 1. The zero-order chi connectivity index (χ0) is 15.5. The summed E-state index contributed by atoms with van der Waals surface area (Å²) >= 11 is 6.01. The first-order chi connectivity index (χ1) is 9.94. The normalized spacial score (nSPS) is 11.8. The van der Waals surface area contributed by atoms with Gasteiger partial charge in [-0.2, -0.15) is 0 Å². The third-order valence-corrected chi connectivity index (χ3v) is 4.89. The van der Waals surface area contributed by atoms with Crippen molar-refractivity contribution in [2.24, 2.45) is 7.05 Å². The average Bonchev–Trinajstić information content (AvgIpc) is 2.84. The molecule has 0 bridgehead atoms. The molecule has 21 heavy (non-hydrogen) atoms. The van der Waals surface area contributed by atoms with Crippen molar-refractivity contribution in [2.45, 2.75) is 18.0 Å². The number of hydrogen-bond donors (Lipinski definition) is 2. The molecule has 114 valence electrons. The van der Waals surface area contributed by atoms with E-state index in [1.165, 1.54) is 0 Å². The molecule has 0 fully saturated rings. The van der Waals surface area contributed by atoms with Crippen LogP contribution in [0, 0.1) is 0 Å². The third-order valence-electron chi connectivity index (χ3n) is 3.01. The third kappa shape index (κ3) is 3.82. The van der Waals surface area contributed by atoms with Gasteiger partial charge in [-0.1, -0.05) is 17.7 Å². The lowest BCUT2D eigenvalue weighted by molar-refractivity contribution is 0.577. The van der Waals surface area contributed by atoms with Gasteiger partial charge in [-0.3, -0.25) is 0 Å². The first kappa shape index (κ1) is 16.0. The molecule has 0 amide bonds. The Bertz CT molecular complexity index is 728. The van der Waals surface area contributed by atoms with Crippen LogP contribution in [0.4, 0.5) is 0 Å². The minimum Gasteiger partial charge on any atom is -0.337 e. The number of aromatic nitrogens is 2. The molecule has 0 saturated heterocycles. The summed E-state index contributed by atoms with van der Waals surface area (Å²) in [6.45, 7) is 0.678. The van der Waals surface area contributed by atoms with Gasteiger partial charge in [0.2, 0.25) is 10.0 Å². The molecule has 0 spiro atoms. The molecule has 0 aliphatic rings. The van der Waals surface area contributed by atoms with Crippen molar-refractivity contribution in [3.05, 3.63) is 47.0 Å². The number of aryl methyl sites for hydroxylation is 1. The van der Waals surface area contributed by atoms with Crippen molar-refractivity contribution in [1.82, 2.24) is 19.6 Å². The number of rotatable bonds is 6. The van der Waals surface area contributed by atoms with Gasteiger partial charge in [-0.15, -0.1) is 0 Å². The summed E-state index contributed by atoms with van der Waals surface area (Å²) in [5.41, 5.74) is 0.847. The molecule has 2 rings (SSSR count). The number of sulfonamides is 1. The number of nitrogens with zero attached hydrogens (tertiary/aromatic N) is 2. The standard InChI is InChI=1S/C13H17ClN4O2S/c1-15-8-10-3-4-11(14)12(7-10)21(19,20)17-9-13-16-5-6-18(13)2/h3-7,15,17H,8-9H2,1-2H3. The van der Waals surface area contributed by atoms with E-state index in [9.17, 15) is 8.42 Å². The molecule has 1 aromatic carbocycles. The highest BCUT2D eigenvalue weighted by Gasteiger charge is 2.19. The highest BCUT2D eigenvalue weighted by Crippen LogP contribution is 2.22. The van der Waals surface area contributed by atoms with E-state index in [-0.39, 0.29) is 16.5 Å². The Balaban J connectivity index is 2.22. The van der Waals surface area contributed by atoms with Crippen LogP contribution in [0.5, 0.6) is 0 Å². The smallest absolute Gasteiger partial charge is 0.242 e. The fourth-order valence-electron chi connectivity index (χ4n) is 1.87. The van der Waals surface area contributed by atoms with E-state index in [0.717, 1.165) is 5.56 Å². The van der Waals surface area contributed by atoms with Gasteiger partial charge in [-0.05, 0) is 24.7 Å². The van der Waals surface area contributed by atoms with Gasteiger partial charge >= 0.3 is 0 Å². The highest BCUT2D eigenvalue weighted by molar-refractivity contribution is 7.89. The number of hydrogen-bond acceptors (Lipinski definition) is 4. The van der Waals surface area contributed by atoms with E-state index in [1.54, 1.807) is 49.3 Å². The average molecular weight is 329 g/mol. The molecular weight excluding hydrogens is 312 g/mol. The molecule has 1 heterocycles. The van der Waals surface area contributed by atoms with E-state index in [2.05, 4.69) is 15.0 Å². The SMILES string of the molecule is CNCc1ccc(Cl)c(S(=O)(=O)NCc2nccn2C)c1. The van der Waals surface area contributed by atoms with Crippen molar-refractivity contribution < 1.29 is 8.42 Å². The summed E-state index contributed by atoms with van der Waals surface area (Å²) in [6, 6.07) is 4.94. The summed E-state index contributed by atoms with van der Waals surface area (Å²) in [6.07, 6.45) is 3.37. The van der Waals surface area contributed by atoms with Gasteiger partial charge < -0.3 is 9.88 Å². The van der Waals surface area contributed by atoms with Crippen LogP contribution < -0.4 is 10.0 Å². The fraction of sp³-hybridized carbons (Fsp3) is 0.308. The van der Waals surface area contributed by atoms with Gasteiger partial charge in [0.1, 0.15) is 10.7 Å². The molecule has 0 aliphatic carbocycles. The number of imidazole rings is 1. The number of nitrogens with one attached hydrogen (secondary N) is 2. The Morgan fingerprint density at radius 1 is 1.33 bits per heavy atom. The van der Waals surface area contributed by atoms with E-state index in [1.807, 2.05) is 0 Å². The first-order valence-electron chi connectivity index (χ1n) is 6.33. The van der Waals surface area contributed by atoms with E-state index in [4.69, 9.17) is 11.6 Å². The molecule has 1 aromatic heterocycles. The topological polar surface area (TPSA) is 76.0 Å². The Labute approximate surface area is 129 Å². The largest absolute Gasteiger partial charge is 0.337 e. The molecular formula is C13H17ClN4O2S. The summed E-state index contributed by atoms with van der Waals surface area (Å²) in [5, 5.41) is 3.17. The van der Waals surface area contributed by atoms with E-state index >= 15 is 0 Å². The van der Waals surface area contributed by atoms with Crippen molar-refractivity contribution in [3.8, 4) is 0 Å². The van der Waals surface area contributed by atoms with E-state index in [0.29, 0.717) is 12.4 Å². The van der Waals surface area contributed by atoms with Crippen molar-refractivity contribution in [2.75, 3.05) is 7.05 Å². The lowest BCUT2D eigenvalue weighted by Gasteiger charge is -2.10. The Kier molecular flexibility index (Phi) is 5.00. The predicted octanol–water partition coefficient (Wildman–Crippen LogP) is 1.27. The lowest BCUT2D eigenvalue weighted by atomic mass is 10.2. The van der Waals surface area contributed by atoms with Crippen LogP contribution in [0.3, 0.4) is 0 Å². The maximum Gasteiger partial charge on any atom is 0.242 e. The lowest BCUT2D eigenvalue weighted by Crippen LogP contribution is -2.25. The maximum atomic E-state index is 12.4. The minimum absolute atomic E-state index is 0.0751. The summed E-state index contributed by atoms with van der Waals surface area (Å²) < 4.78 is 29.0. The second-order valence-electron chi connectivity index (χ2n) is 4.57. The van der Waals surface area contributed by atoms with Gasteiger partial charge in [0, 0.05) is 26.0 Å². The molecule has 0 saturated carbocycles. The number of halogens is 1. The summed E-state index contributed by atoms with van der Waals surface area (Å²) in [5.74, 6) is 0.626. The van der Waals surface area contributed by atoms with Crippen LogP contribution in [-0.2, 0) is 30.2 Å². The minimum atomic E-state index is -3.69.